The van der Waals surface area contributed by atoms with E-state index in [0.717, 1.165) is 21.9 Å². The fraction of sp³-hybridized carbons (Fsp3) is 0.0455. The molecule has 4 rings (SSSR count). The maximum absolute atomic E-state index is 13.4. The number of halogens is 1. The van der Waals surface area contributed by atoms with Crippen molar-refractivity contribution in [2.75, 3.05) is 4.90 Å². The van der Waals surface area contributed by atoms with E-state index in [1.807, 2.05) is 0 Å². The van der Waals surface area contributed by atoms with Crippen LogP contribution in [-0.2, 0) is 6.54 Å². The molecule has 1 aliphatic heterocycles. The highest BCUT2D eigenvalue weighted by Gasteiger charge is 2.37. The lowest BCUT2D eigenvalue weighted by Crippen LogP contribution is -2.46. The first kappa shape index (κ1) is 17.6. The third kappa shape index (κ3) is 3.05. The molecule has 6 heteroatoms. The lowest BCUT2D eigenvalue weighted by Gasteiger charge is -2.25. The molecule has 0 N–H and O–H groups in total. The number of hydrogen-bond acceptors (Lipinski definition) is 3. The van der Waals surface area contributed by atoms with Crippen LogP contribution >= 0.6 is 0 Å². The molecular weight excluding hydrogens is 359 g/mol. The zero-order chi connectivity index (χ0) is 19.7. The van der Waals surface area contributed by atoms with Gasteiger partial charge in [-0.15, -0.1) is 0 Å². The van der Waals surface area contributed by atoms with Crippen molar-refractivity contribution in [3.05, 3.63) is 101 Å². The van der Waals surface area contributed by atoms with Crippen LogP contribution in [0.2, 0.25) is 0 Å². The summed E-state index contributed by atoms with van der Waals surface area (Å²) in [5.74, 6) is -1.55. The number of amides is 4. The van der Waals surface area contributed by atoms with Gasteiger partial charge < -0.3 is 0 Å². The van der Waals surface area contributed by atoms with E-state index in [1.165, 1.54) is 12.1 Å². The molecule has 0 aromatic heterocycles. The van der Waals surface area contributed by atoms with Crippen molar-refractivity contribution < 1.29 is 18.8 Å². The molecule has 4 amide bonds. The van der Waals surface area contributed by atoms with Gasteiger partial charge in [0.1, 0.15) is 5.82 Å². The number of carbonyl (C=O) groups excluding carboxylic acids is 3. The molecular formula is C22H15FN2O3. The van der Waals surface area contributed by atoms with Crippen molar-refractivity contribution in [3.63, 3.8) is 0 Å². The van der Waals surface area contributed by atoms with E-state index in [4.69, 9.17) is 0 Å². The summed E-state index contributed by atoms with van der Waals surface area (Å²) < 4.78 is 13.4. The van der Waals surface area contributed by atoms with Gasteiger partial charge >= 0.3 is 6.03 Å². The lowest BCUT2D eigenvalue weighted by molar-refractivity contribution is 0.0821. The number of anilines is 1. The van der Waals surface area contributed by atoms with Crippen LogP contribution in [0.5, 0.6) is 0 Å². The third-order valence-electron chi connectivity index (χ3n) is 4.55. The largest absolute Gasteiger partial charge is 0.338 e. The van der Waals surface area contributed by atoms with Gasteiger partial charge in [-0.05, 0) is 48.0 Å². The molecule has 28 heavy (non-hydrogen) atoms. The Labute approximate surface area is 160 Å². The summed E-state index contributed by atoms with van der Waals surface area (Å²) >= 11 is 0. The lowest BCUT2D eigenvalue weighted by atomic mass is 10.1. The van der Waals surface area contributed by atoms with Gasteiger partial charge in [-0.25, -0.2) is 14.1 Å². The highest BCUT2D eigenvalue weighted by atomic mass is 19.1. The van der Waals surface area contributed by atoms with Crippen molar-refractivity contribution in [3.8, 4) is 0 Å². The molecule has 0 radical (unpaired) electrons. The van der Waals surface area contributed by atoms with Crippen molar-refractivity contribution in [2.24, 2.45) is 0 Å². The number of imide groups is 2. The molecule has 0 unspecified atom stereocenters. The molecule has 0 bridgehead atoms. The van der Waals surface area contributed by atoms with Crippen molar-refractivity contribution in [1.29, 1.82) is 0 Å². The second kappa shape index (κ2) is 7.08. The predicted molar refractivity (Wildman–Crippen MR) is 101 cm³/mol. The first-order valence-corrected chi connectivity index (χ1v) is 8.65. The molecule has 138 valence electrons. The number of urea groups is 1. The molecule has 0 saturated carbocycles. The molecule has 0 spiro atoms. The summed E-state index contributed by atoms with van der Waals surface area (Å²) in [6.07, 6.45) is 0. The van der Waals surface area contributed by atoms with Gasteiger partial charge in [0.15, 0.2) is 0 Å². The van der Waals surface area contributed by atoms with Gasteiger partial charge in [0.25, 0.3) is 11.8 Å². The number of fused-ring (bicyclic) bond motifs is 1. The first-order chi connectivity index (χ1) is 13.6. The molecule has 0 atom stereocenters. The van der Waals surface area contributed by atoms with E-state index in [2.05, 4.69) is 0 Å². The Kier molecular flexibility index (Phi) is 4.45. The molecule has 0 aliphatic carbocycles. The van der Waals surface area contributed by atoms with Crippen LogP contribution in [-0.4, -0.2) is 22.7 Å². The Morgan fingerprint density at radius 1 is 0.857 bits per heavy atom. The second-order valence-electron chi connectivity index (χ2n) is 6.31. The summed E-state index contributed by atoms with van der Waals surface area (Å²) in [7, 11) is 0. The standard InChI is InChI=1S/C22H15FN2O3/c23-17-10-12-18(13-11-17)25(20(26)15-6-2-1-3-7-15)22(28)24-14-16-8-4-5-9-19(16)21(24)27/h1-13H,14H2. The molecule has 1 heterocycles. The quantitative estimate of drug-likeness (QED) is 0.674. The van der Waals surface area contributed by atoms with Crippen LogP contribution in [0.1, 0.15) is 26.3 Å². The Morgan fingerprint density at radius 2 is 1.50 bits per heavy atom. The van der Waals surface area contributed by atoms with E-state index in [-0.39, 0.29) is 17.8 Å². The topological polar surface area (TPSA) is 57.7 Å². The highest BCUT2D eigenvalue weighted by molar-refractivity contribution is 6.24. The highest BCUT2D eigenvalue weighted by Crippen LogP contribution is 2.27. The number of carbonyl (C=O) groups is 3. The number of benzene rings is 3. The van der Waals surface area contributed by atoms with Crippen LogP contribution in [0, 0.1) is 5.82 Å². The minimum atomic E-state index is -0.776. The molecule has 0 fully saturated rings. The Hall–Kier alpha value is -3.80. The minimum Gasteiger partial charge on any atom is -0.269 e. The monoisotopic (exact) mass is 374 g/mol. The predicted octanol–water partition coefficient (Wildman–Crippen LogP) is 4.25. The van der Waals surface area contributed by atoms with Gasteiger partial charge in [-0.1, -0.05) is 36.4 Å². The fourth-order valence-corrected chi connectivity index (χ4v) is 3.14. The summed E-state index contributed by atoms with van der Waals surface area (Å²) in [6, 6.07) is 19.4. The second-order valence-corrected chi connectivity index (χ2v) is 6.31. The van der Waals surface area contributed by atoms with Gasteiger partial charge in [0, 0.05) is 11.1 Å². The van der Waals surface area contributed by atoms with E-state index in [9.17, 15) is 18.8 Å². The first-order valence-electron chi connectivity index (χ1n) is 8.65. The number of rotatable bonds is 2. The van der Waals surface area contributed by atoms with Crippen LogP contribution in [0.4, 0.5) is 14.9 Å². The van der Waals surface area contributed by atoms with E-state index >= 15 is 0 Å². The summed E-state index contributed by atoms with van der Waals surface area (Å²) in [5.41, 5.74) is 1.61. The Balaban J connectivity index is 1.73. The van der Waals surface area contributed by atoms with Crippen molar-refractivity contribution in [2.45, 2.75) is 6.54 Å². The van der Waals surface area contributed by atoms with Crippen LogP contribution < -0.4 is 4.90 Å². The maximum Gasteiger partial charge on any atom is 0.338 e. The van der Waals surface area contributed by atoms with Gasteiger partial charge in [-0.2, -0.15) is 0 Å². The van der Waals surface area contributed by atoms with Crippen molar-refractivity contribution >= 4 is 23.5 Å². The zero-order valence-corrected chi connectivity index (χ0v) is 14.7. The van der Waals surface area contributed by atoms with Crippen LogP contribution in [0.25, 0.3) is 0 Å². The number of nitrogens with zero attached hydrogens (tertiary/aromatic N) is 2. The third-order valence-corrected chi connectivity index (χ3v) is 4.55. The normalized spacial score (nSPS) is 12.6. The minimum absolute atomic E-state index is 0.0770. The van der Waals surface area contributed by atoms with Gasteiger partial charge in [-0.3, -0.25) is 14.5 Å². The molecule has 3 aromatic rings. The molecule has 3 aromatic carbocycles. The van der Waals surface area contributed by atoms with Crippen LogP contribution in [0.3, 0.4) is 0 Å². The smallest absolute Gasteiger partial charge is 0.269 e. The van der Waals surface area contributed by atoms with E-state index in [0.29, 0.717) is 11.1 Å². The van der Waals surface area contributed by atoms with E-state index in [1.54, 1.807) is 54.6 Å². The van der Waals surface area contributed by atoms with Gasteiger partial charge in [0.05, 0.1) is 12.2 Å². The van der Waals surface area contributed by atoms with Gasteiger partial charge in [0.2, 0.25) is 0 Å². The average Bonchev–Trinajstić information content (AvgIpc) is 3.07. The Bertz CT molecular complexity index is 1060. The SMILES string of the molecule is O=C1c2ccccc2CN1C(=O)N(C(=O)c1ccccc1)c1ccc(F)cc1. The van der Waals surface area contributed by atoms with Crippen LogP contribution in [0.15, 0.2) is 78.9 Å². The molecule has 1 aliphatic rings. The number of hydrogen-bond donors (Lipinski definition) is 0. The summed E-state index contributed by atoms with van der Waals surface area (Å²) in [4.78, 5) is 40.9. The molecule has 5 nitrogen and oxygen atoms in total. The molecule has 0 saturated heterocycles. The Morgan fingerprint density at radius 3 is 2.18 bits per heavy atom. The maximum atomic E-state index is 13.4. The van der Waals surface area contributed by atoms with Crippen molar-refractivity contribution in [1.82, 2.24) is 4.90 Å². The average molecular weight is 374 g/mol. The fourth-order valence-electron chi connectivity index (χ4n) is 3.14. The van der Waals surface area contributed by atoms with E-state index < -0.39 is 23.7 Å². The summed E-state index contributed by atoms with van der Waals surface area (Å²) in [6.45, 7) is 0.0770. The summed E-state index contributed by atoms with van der Waals surface area (Å²) in [5, 5.41) is 0. The zero-order valence-electron chi connectivity index (χ0n) is 14.7.